The van der Waals surface area contributed by atoms with Crippen molar-refractivity contribution >= 4 is 55.1 Å². The zero-order chi connectivity index (χ0) is 36.2. The summed E-state index contributed by atoms with van der Waals surface area (Å²) in [4.78, 5) is 5.26. The maximum atomic E-state index is 2.63. The summed E-state index contributed by atoms with van der Waals surface area (Å²) >= 11 is 0. The smallest absolute Gasteiger partial charge is 0.0518 e. The Labute approximate surface area is 318 Å². The third kappa shape index (κ3) is 3.54. The van der Waals surface area contributed by atoms with Crippen LogP contribution in [0.3, 0.4) is 0 Å². The maximum absolute atomic E-state index is 2.63. The van der Waals surface area contributed by atoms with E-state index in [1.165, 1.54) is 114 Å². The van der Waals surface area contributed by atoms with Crippen molar-refractivity contribution in [2.24, 2.45) is 0 Å². The quantitative estimate of drug-likeness (QED) is 0.169. The molecular formula is C52H44N2. The molecule has 0 amide bonds. The lowest BCUT2D eigenvalue weighted by Crippen LogP contribution is -2.60. The first-order valence-corrected chi connectivity index (χ1v) is 19.9. The molecule has 8 aromatic carbocycles. The number of nitrogens with zero attached hydrogens (tertiary/aromatic N) is 2. The number of fused-ring (bicyclic) bond motifs is 6. The van der Waals surface area contributed by atoms with Crippen LogP contribution in [0.15, 0.2) is 146 Å². The molecule has 2 heterocycles. The Balaban J connectivity index is 1.01. The van der Waals surface area contributed by atoms with Gasteiger partial charge in [-0.2, -0.15) is 0 Å². The van der Waals surface area contributed by atoms with E-state index in [0.29, 0.717) is 0 Å². The molecule has 262 valence electrons. The molecule has 0 radical (unpaired) electrons. The van der Waals surface area contributed by atoms with E-state index in [1.54, 1.807) is 0 Å². The fourth-order valence-electron chi connectivity index (χ4n) is 11.8. The average molecular weight is 697 g/mol. The Bertz CT molecular complexity index is 2660. The van der Waals surface area contributed by atoms with E-state index in [-0.39, 0.29) is 21.9 Å². The van der Waals surface area contributed by atoms with Crippen molar-refractivity contribution in [3.8, 4) is 22.3 Å². The molecule has 4 unspecified atom stereocenters. The lowest BCUT2D eigenvalue weighted by atomic mass is 9.55. The van der Waals surface area contributed by atoms with Crippen LogP contribution in [-0.2, 0) is 10.8 Å². The van der Waals surface area contributed by atoms with Crippen molar-refractivity contribution < 1.29 is 0 Å². The molecular weight excluding hydrogens is 653 g/mol. The monoisotopic (exact) mass is 696 g/mol. The van der Waals surface area contributed by atoms with E-state index in [9.17, 15) is 0 Å². The summed E-state index contributed by atoms with van der Waals surface area (Å²) in [6.45, 7) is 9.94. The molecule has 12 rings (SSSR count). The van der Waals surface area contributed by atoms with Gasteiger partial charge in [0.1, 0.15) is 0 Å². The Kier molecular flexibility index (Phi) is 5.78. The van der Waals surface area contributed by atoms with Gasteiger partial charge in [0, 0.05) is 33.6 Å². The number of rotatable bonds is 4. The Morgan fingerprint density at radius 1 is 0.407 bits per heavy atom. The van der Waals surface area contributed by atoms with Crippen LogP contribution in [0.4, 0.5) is 22.7 Å². The lowest BCUT2D eigenvalue weighted by molar-refractivity contribution is 0.133. The highest BCUT2D eigenvalue weighted by Gasteiger charge is 2.64. The molecule has 2 aliphatic heterocycles. The van der Waals surface area contributed by atoms with Gasteiger partial charge in [0.05, 0.1) is 11.1 Å². The van der Waals surface area contributed by atoms with Crippen LogP contribution in [0.1, 0.15) is 64.5 Å². The van der Waals surface area contributed by atoms with Crippen molar-refractivity contribution in [3.63, 3.8) is 0 Å². The summed E-state index contributed by atoms with van der Waals surface area (Å²) in [5, 5.41) is 8.06. The third-order valence-electron chi connectivity index (χ3n) is 15.6. The van der Waals surface area contributed by atoms with Crippen molar-refractivity contribution in [2.45, 2.75) is 75.3 Å². The third-order valence-corrected chi connectivity index (χ3v) is 15.6. The van der Waals surface area contributed by atoms with Crippen LogP contribution >= 0.6 is 0 Å². The molecule has 2 fully saturated rings. The second-order valence-electron chi connectivity index (χ2n) is 17.7. The fraction of sp³-hybridized carbons (Fsp3) is 0.231. The van der Waals surface area contributed by atoms with Gasteiger partial charge in [-0.05, 0) is 154 Å². The van der Waals surface area contributed by atoms with Crippen LogP contribution in [0.2, 0.25) is 0 Å². The number of hydrogen-bond acceptors (Lipinski definition) is 2. The minimum absolute atomic E-state index is 0.0838. The molecule has 0 aromatic heterocycles. The standard InChI is InChI=1S/C52H44N2/c1-49-27-29-51(49,3)53(37-11-7-5-8-12-37)45-25-19-35(31-43(45)49)39-21-15-33-18-24-42-40(22-16-34-17-23-41(39)47(33)48(34)42)36-20-26-46-44(32-36)50(2)28-30-52(50,4)54(46)38-13-9-6-10-14-38/h5-26,31-32H,27-30H2,1-4H3. The summed E-state index contributed by atoms with van der Waals surface area (Å²) < 4.78 is 0. The first-order chi connectivity index (χ1) is 26.2. The number of anilines is 4. The van der Waals surface area contributed by atoms with E-state index in [0.717, 1.165) is 0 Å². The molecule has 2 nitrogen and oxygen atoms in total. The summed E-state index contributed by atoms with van der Waals surface area (Å²) in [7, 11) is 0. The molecule has 0 spiro atoms. The van der Waals surface area contributed by atoms with Crippen LogP contribution in [0.5, 0.6) is 0 Å². The van der Waals surface area contributed by atoms with Gasteiger partial charge in [-0.1, -0.05) is 111 Å². The zero-order valence-electron chi connectivity index (χ0n) is 31.6. The first-order valence-electron chi connectivity index (χ1n) is 19.9. The van der Waals surface area contributed by atoms with Crippen molar-refractivity contribution in [1.29, 1.82) is 0 Å². The van der Waals surface area contributed by atoms with Gasteiger partial charge in [-0.15, -0.1) is 0 Å². The molecule has 8 aromatic rings. The van der Waals surface area contributed by atoms with Gasteiger partial charge < -0.3 is 9.80 Å². The molecule has 0 N–H and O–H groups in total. The van der Waals surface area contributed by atoms with Crippen molar-refractivity contribution in [3.05, 3.63) is 157 Å². The first kappa shape index (κ1) is 30.8. The van der Waals surface area contributed by atoms with E-state index in [2.05, 4.69) is 183 Å². The molecule has 4 aliphatic rings. The van der Waals surface area contributed by atoms with Crippen molar-refractivity contribution in [1.82, 2.24) is 0 Å². The maximum Gasteiger partial charge on any atom is 0.0518 e. The number of benzene rings is 8. The van der Waals surface area contributed by atoms with Crippen LogP contribution in [0, 0.1) is 0 Å². The second kappa shape index (κ2) is 10.1. The summed E-state index contributed by atoms with van der Waals surface area (Å²) in [6, 6.07) is 55.6. The number of hydrogen-bond donors (Lipinski definition) is 0. The van der Waals surface area contributed by atoms with E-state index >= 15 is 0 Å². The molecule has 2 saturated carbocycles. The fourth-order valence-corrected chi connectivity index (χ4v) is 11.8. The predicted molar refractivity (Wildman–Crippen MR) is 228 cm³/mol. The predicted octanol–water partition coefficient (Wildman–Crippen LogP) is 13.8. The second-order valence-corrected chi connectivity index (χ2v) is 17.7. The Hall–Kier alpha value is -5.60. The highest BCUT2D eigenvalue weighted by molar-refractivity contribution is 6.27. The van der Waals surface area contributed by atoms with Crippen LogP contribution < -0.4 is 9.80 Å². The molecule has 0 bridgehead atoms. The highest BCUT2D eigenvalue weighted by Crippen LogP contribution is 2.67. The zero-order valence-corrected chi connectivity index (χ0v) is 31.6. The normalized spacial score (nSPS) is 26.4. The van der Waals surface area contributed by atoms with Crippen LogP contribution in [-0.4, -0.2) is 11.1 Å². The molecule has 2 aliphatic carbocycles. The van der Waals surface area contributed by atoms with Crippen molar-refractivity contribution in [2.75, 3.05) is 9.80 Å². The molecule has 54 heavy (non-hydrogen) atoms. The minimum Gasteiger partial charge on any atom is -0.334 e. The van der Waals surface area contributed by atoms with Crippen LogP contribution in [0.25, 0.3) is 54.6 Å². The SMILES string of the molecule is CC12CCC1(C)N(c1ccccc1)c1ccc(-c3ccc4ccc5c(-c6ccc7c(c6)C6(C)CCC6(C)N7c6ccccc6)ccc6ccc3c4c65)cc12. The summed E-state index contributed by atoms with van der Waals surface area (Å²) in [5.41, 5.74) is 14.0. The topological polar surface area (TPSA) is 6.48 Å². The van der Waals surface area contributed by atoms with E-state index < -0.39 is 0 Å². The van der Waals surface area contributed by atoms with E-state index in [1.807, 2.05) is 0 Å². The van der Waals surface area contributed by atoms with Gasteiger partial charge in [0.2, 0.25) is 0 Å². The highest BCUT2D eigenvalue weighted by atomic mass is 15.3. The molecule has 2 heteroatoms. The van der Waals surface area contributed by atoms with Gasteiger partial charge in [-0.25, -0.2) is 0 Å². The summed E-state index contributed by atoms with van der Waals surface area (Å²) in [6.07, 6.45) is 4.85. The van der Waals surface area contributed by atoms with Gasteiger partial charge in [0.25, 0.3) is 0 Å². The van der Waals surface area contributed by atoms with Gasteiger partial charge in [0.15, 0.2) is 0 Å². The Morgan fingerprint density at radius 3 is 1.20 bits per heavy atom. The largest absolute Gasteiger partial charge is 0.334 e. The minimum atomic E-state index is 0.0838. The Morgan fingerprint density at radius 2 is 0.815 bits per heavy atom. The van der Waals surface area contributed by atoms with Gasteiger partial charge >= 0.3 is 0 Å². The summed E-state index contributed by atoms with van der Waals surface area (Å²) in [5.74, 6) is 0. The molecule has 4 atom stereocenters. The van der Waals surface area contributed by atoms with Gasteiger partial charge in [-0.3, -0.25) is 0 Å². The average Bonchev–Trinajstić information content (AvgIpc) is 3.42. The van der Waals surface area contributed by atoms with E-state index in [4.69, 9.17) is 0 Å². The molecule has 0 saturated heterocycles. The lowest BCUT2D eigenvalue weighted by Gasteiger charge is -2.56. The number of para-hydroxylation sites is 2.